The second-order valence-corrected chi connectivity index (χ2v) is 5.60. The fourth-order valence-corrected chi connectivity index (χ4v) is 2.41. The summed E-state index contributed by atoms with van der Waals surface area (Å²) in [6, 6.07) is 9.86. The molecule has 2 N–H and O–H groups in total. The molecular formula is C17H22N2OS. The lowest BCUT2D eigenvalue weighted by molar-refractivity contribution is 0.294. The van der Waals surface area contributed by atoms with E-state index in [2.05, 4.69) is 11.9 Å². The number of aromatic nitrogens is 1. The molecule has 0 aliphatic carbocycles. The minimum Gasteiger partial charge on any atom is -0.477 e. The molecule has 0 spiro atoms. The first-order chi connectivity index (χ1) is 10.2. The lowest BCUT2D eigenvalue weighted by atomic mass is 10.1. The van der Waals surface area contributed by atoms with Crippen molar-refractivity contribution in [3.8, 4) is 5.88 Å². The summed E-state index contributed by atoms with van der Waals surface area (Å²) < 4.78 is 5.81. The molecular weight excluding hydrogens is 280 g/mol. The maximum atomic E-state index is 5.81. The van der Waals surface area contributed by atoms with Crippen molar-refractivity contribution in [2.24, 2.45) is 5.73 Å². The van der Waals surface area contributed by atoms with Crippen LogP contribution in [0.2, 0.25) is 0 Å². The number of ether oxygens (including phenoxy) is 1. The van der Waals surface area contributed by atoms with E-state index in [1.165, 1.54) is 25.7 Å². The van der Waals surface area contributed by atoms with Gasteiger partial charge in [-0.15, -0.1) is 0 Å². The molecule has 0 fully saturated rings. The fraction of sp³-hybridized carbons (Fsp3) is 0.412. The Bertz CT molecular complexity index is 613. The van der Waals surface area contributed by atoms with E-state index in [4.69, 9.17) is 22.7 Å². The second kappa shape index (κ2) is 7.93. The normalized spacial score (nSPS) is 10.7. The molecule has 3 nitrogen and oxygen atoms in total. The van der Waals surface area contributed by atoms with Gasteiger partial charge in [-0.2, -0.15) is 0 Å². The molecule has 0 atom stereocenters. The molecule has 21 heavy (non-hydrogen) atoms. The average Bonchev–Trinajstić information content (AvgIpc) is 2.49. The predicted molar refractivity (Wildman–Crippen MR) is 91.9 cm³/mol. The van der Waals surface area contributed by atoms with Gasteiger partial charge in [0.1, 0.15) is 4.99 Å². The molecule has 4 heteroatoms. The zero-order chi connectivity index (χ0) is 15.1. The summed E-state index contributed by atoms with van der Waals surface area (Å²) in [4.78, 5) is 4.87. The van der Waals surface area contributed by atoms with Crippen LogP contribution in [0.25, 0.3) is 10.9 Å². The van der Waals surface area contributed by atoms with Crippen molar-refractivity contribution in [2.45, 2.75) is 39.0 Å². The number of nitrogens with zero attached hydrogens (tertiary/aromatic N) is 1. The first kappa shape index (κ1) is 15.7. The number of para-hydroxylation sites is 1. The average molecular weight is 302 g/mol. The number of hydrogen-bond acceptors (Lipinski definition) is 3. The van der Waals surface area contributed by atoms with Gasteiger partial charge in [0.25, 0.3) is 0 Å². The third-order valence-corrected chi connectivity index (χ3v) is 3.66. The minimum atomic E-state index is 0.328. The van der Waals surface area contributed by atoms with Gasteiger partial charge in [-0.05, 0) is 18.6 Å². The summed E-state index contributed by atoms with van der Waals surface area (Å²) >= 11 is 5.11. The van der Waals surface area contributed by atoms with Crippen molar-refractivity contribution in [3.05, 3.63) is 35.9 Å². The summed E-state index contributed by atoms with van der Waals surface area (Å²) in [5.41, 5.74) is 7.41. The van der Waals surface area contributed by atoms with E-state index in [9.17, 15) is 0 Å². The Morgan fingerprint density at radius 2 is 1.95 bits per heavy atom. The first-order valence-electron chi connectivity index (χ1n) is 7.54. The van der Waals surface area contributed by atoms with Crippen LogP contribution in [0.15, 0.2) is 30.3 Å². The standard InChI is InChI=1S/C17H22N2OS/c1-2-3-4-5-8-11-20-17-14(16(18)21)12-13-9-6-7-10-15(13)19-17/h6-7,9-10,12H,2-5,8,11H2,1H3,(H2,18,21). The molecule has 0 unspecified atom stereocenters. The maximum Gasteiger partial charge on any atom is 0.224 e. The Hall–Kier alpha value is -1.68. The molecule has 2 rings (SSSR count). The molecule has 0 aliphatic rings. The highest BCUT2D eigenvalue weighted by Gasteiger charge is 2.10. The zero-order valence-electron chi connectivity index (χ0n) is 12.5. The summed E-state index contributed by atoms with van der Waals surface area (Å²) in [6.45, 7) is 2.87. The highest BCUT2D eigenvalue weighted by molar-refractivity contribution is 7.80. The topological polar surface area (TPSA) is 48.1 Å². The van der Waals surface area contributed by atoms with E-state index in [0.717, 1.165) is 22.9 Å². The Morgan fingerprint density at radius 1 is 1.19 bits per heavy atom. The van der Waals surface area contributed by atoms with E-state index >= 15 is 0 Å². The number of unbranched alkanes of at least 4 members (excludes halogenated alkanes) is 4. The molecule has 2 aromatic rings. The van der Waals surface area contributed by atoms with Crippen molar-refractivity contribution < 1.29 is 4.74 Å². The van der Waals surface area contributed by atoms with Gasteiger partial charge >= 0.3 is 0 Å². The minimum absolute atomic E-state index is 0.328. The fourth-order valence-electron chi connectivity index (χ4n) is 2.26. The first-order valence-corrected chi connectivity index (χ1v) is 7.95. The van der Waals surface area contributed by atoms with E-state index < -0.39 is 0 Å². The summed E-state index contributed by atoms with van der Waals surface area (Å²) in [5.74, 6) is 0.552. The number of nitrogens with two attached hydrogens (primary N) is 1. The number of hydrogen-bond donors (Lipinski definition) is 1. The van der Waals surface area contributed by atoms with Crippen LogP contribution in [0, 0.1) is 0 Å². The number of fused-ring (bicyclic) bond motifs is 1. The lowest BCUT2D eigenvalue weighted by Crippen LogP contribution is -2.13. The second-order valence-electron chi connectivity index (χ2n) is 5.16. The van der Waals surface area contributed by atoms with Gasteiger partial charge in [0, 0.05) is 5.39 Å². The van der Waals surface area contributed by atoms with Crippen LogP contribution in [0.3, 0.4) is 0 Å². The quantitative estimate of drug-likeness (QED) is 0.586. The number of benzene rings is 1. The largest absolute Gasteiger partial charge is 0.477 e. The van der Waals surface area contributed by atoms with Gasteiger partial charge < -0.3 is 10.5 Å². The van der Waals surface area contributed by atoms with Crippen LogP contribution < -0.4 is 10.5 Å². The van der Waals surface area contributed by atoms with E-state index in [1.54, 1.807) is 0 Å². The van der Waals surface area contributed by atoms with E-state index in [0.29, 0.717) is 17.5 Å². The van der Waals surface area contributed by atoms with Crippen LogP contribution in [0.5, 0.6) is 5.88 Å². The highest BCUT2D eigenvalue weighted by atomic mass is 32.1. The van der Waals surface area contributed by atoms with Gasteiger partial charge in [0.05, 0.1) is 17.7 Å². The molecule has 0 saturated heterocycles. The van der Waals surface area contributed by atoms with E-state index in [-0.39, 0.29) is 0 Å². The third kappa shape index (κ3) is 4.39. The van der Waals surface area contributed by atoms with Gasteiger partial charge in [-0.1, -0.05) is 63.0 Å². The van der Waals surface area contributed by atoms with Crippen molar-refractivity contribution >= 4 is 28.1 Å². The van der Waals surface area contributed by atoms with Crippen molar-refractivity contribution in [1.29, 1.82) is 0 Å². The third-order valence-electron chi connectivity index (χ3n) is 3.44. The molecule has 1 aromatic carbocycles. The Kier molecular flexibility index (Phi) is 5.93. The maximum absolute atomic E-state index is 5.81. The van der Waals surface area contributed by atoms with Crippen LogP contribution in [0.1, 0.15) is 44.6 Å². The predicted octanol–water partition coefficient (Wildman–Crippen LogP) is 4.22. The van der Waals surface area contributed by atoms with Crippen LogP contribution >= 0.6 is 12.2 Å². The molecule has 0 bridgehead atoms. The van der Waals surface area contributed by atoms with Gasteiger partial charge in [0.2, 0.25) is 5.88 Å². The molecule has 0 amide bonds. The monoisotopic (exact) mass is 302 g/mol. The SMILES string of the molecule is CCCCCCCOc1nc2ccccc2cc1C(N)=S. The van der Waals surface area contributed by atoms with Gasteiger partial charge in [-0.3, -0.25) is 0 Å². The molecule has 0 aliphatic heterocycles. The number of rotatable bonds is 8. The smallest absolute Gasteiger partial charge is 0.224 e. The molecule has 1 aromatic heterocycles. The lowest BCUT2D eigenvalue weighted by Gasteiger charge is -2.11. The molecule has 0 saturated carbocycles. The van der Waals surface area contributed by atoms with Crippen molar-refractivity contribution in [2.75, 3.05) is 6.61 Å². The molecule has 0 radical (unpaired) electrons. The number of thiocarbonyl (C=S) groups is 1. The van der Waals surface area contributed by atoms with Crippen molar-refractivity contribution in [3.63, 3.8) is 0 Å². The van der Waals surface area contributed by atoms with E-state index in [1.807, 2.05) is 30.3 Å². The Balaban J connectivity index is 2.06. The molecule has 112 valence electrons. The van der Waals surface area contributed by atoms with Crippen LogP contribution in [0.4, 0.5) is 0 Å². The summed E-state index contributed by atoms with van der Waals surface area (Å²) in [5, 5.41) is 1.02. The zero-order valence-corrected chi connectivity index (χ0v) is 13.3. The van der Waals surface area contributed by atoms with Gasteiger partial charge in [-0.25, -0.2) is 4.98 Å². The Labute approximate surface area is 131 Å². The van der Waals surface area contributed by atoms with Gasteiger partial charge in [0.15, 0.2) is 0 Å². The Morgan fingerprint density at radius 3 is 2.71 bits per heavy atom. The summed E-state index contributed by atoms with van der Waals surface area (Å²) in [6.07, 6.45) is 6.01. The summed E-state index contributed by atoms with van der Waals surface area (Å²) in [7, 11) is 0. The highest BCUT2D eigenvalue weighted by Crippen LogP contribution is 2.22. The van der Waals surface area contributed by atoms with Crippen LogP contribution in [-0.4, -0.2) is 16.6 Å². The molecule has 1 heterocycles. The van der Waals surface area contributed by atoms with Crippen LogP contribution in [-0.2, 0) is 0 Å². The number of pyridine rings is 1. The van der Waals surface area contributed by atoms with Crippen molar-refractivity contribution in [1.82, 2.24) is 4.98 Å².